The molecule has 19 heavy (non-hydrogen) atoms. The number of carbonyl (C=O) groups is 3. The van der Waals surface area contributed by atoms with Gasteiger partial charge >= 0.3 is 17.7 Å². The summed E-state index contributed by atoms with van der Waals surface area (Å²) in [5.74, 6) is -3.41. The van der Waals surface area contributed by atoms with Crippen molar-refractivity contribution in [2.75, 3.05) is 12.9 Å². The van der Waals surface area contributed by atoms with E-state index in [9.17, 15) is 22.8 Å². The number of esters is 1. The van der Waals surface area contributed by atoms with Gasteiger partial charge in [0.2, 0.25) is 0 Å². The third-order valence-corrected chi connectivity index (χ3v) is 4.33. The predicted octanol–water partition coefficient (Wildman–Crippen LogP) is -1.71. The summed E-state index contributed by atoms with van der Waals surface area (Å²) in [7, 11) is -3.73. The normalized spacial score (nSPS) is 31.6. The highest BCUT2D eigenvalue weighted by Gasteiger charge is 2.60. The first-order valence-electron chi connectivity index (χ1n) is 5.29. The molecule has 1 N–H and O–H groups in total. The number of rotatable bonds is 3. The lowest BCUT2D eigenvalue weighted by Crippen LogP contribution is -2.55. The van der Waals surface area contributed by atoms with Crippen molar-refractivity contribution >= 4 is 27.7 Å². The summed E-state index contributed by atoms with van der Waals surface area (Å²) in [4.78, 5) is 39.1. The summed E-state index contributed by atoms with van der Waals surface area (Å²) in [6.45, 7) is -0.496. The van der Waals surface area contributed by atoms with E-state index in [1.54, 1.807) is 0 Å². The summed E-state index contributed by atoms with van der Waals surface area (Å²) in [6, 6.07) is 0. The lowest BCUT2D eigenvalue weighted by atomic mass is 10.1. The van der Waals surface area contributed by atoms with Crippen LogP contribution in [-0.2, 0) is 33.8 Å². The monoisotopic (exact) mass is 293 g/mol. The molecular weight excluding hydrogens is 282 g/mol. The average molecular weight is 293 g/mol. The Balaban J connectivity index is 2.34. The molecule has 106 valence electrons. The van der Waals surface area contributed by atoms with Crippen molar-refractivity contribution in [2.24, 2.45) is 0 Å². The van der Waals surface area contributed by atoms with E-state index < -0.39 is 45.3 Å². The molecule has 0 radical (unpaired) electrons. The fourth-order valence-electron chi connectivity index (χ4n) is 1.94. The van der Waals surface area contributed by atoms with Crippen LogP contribution in [0.15, 0.2) is 0 Å². The van der Waals surface area contributed by atoms with E-state index in [0.29, 0.717) is 5.06 Å². The van der Waals surface area contributed by atoms with Gasteiger partial charge in [-0.3, -0.25) is 14.4 Å². The Bertz CT molecular complexity index is 555. The third kappa shape index (κ3) is 2.06. The van der Waals surface area contributed by atoms with Crippen LogP contribution in [0.5, 0.6) is 0 Å². The van der Waals surface area contributed by atoms with E-state index in [2.05, 4.69) is 4.74 Å². The van der Waals surface area contributed by atoms with Crippen molar-refractivity contribution in [3.8, 4) is 0 Å². The minimum absolute atomic E-state index is 0.191. The van der Waals surface area contributed by atoms with E-state index >= 15 is 0 Å². The van der Waals surface area contributed by atoms with Gasteiger partial charge in [0.25, 0.3) is 5.91 Å². The number of sulfone groups is 1. The summed E-state index contributed by atoms with van der Waals surface area (Å²) in [5.41, 5.74) is -2.27. The van der Waals surface area contributed by atoms with Gasteiger partial charge in [-0.25, -0.2) is 13.2 Å². The zero-order chi connectivity index (χ0) is 14.4. The molecule has 2 heterocycles. The molecule has 10 heteroatoms. The Kier molecular flexibility index (Phi) is 3.01. The van der Waals surface area contributed by atoms with Crippen molar-refractivity contribution in [3.05, 3.63) is 0 Å². The lowest BCUT2D eigenvalue weighted by Gasteiger charge is -2.30. The van der Waals surface area contributed by atoms with Gasteiger partial charge in [0, 0.05) is 12.7 Å². The molecule has 2 saturated heterocycles. The smallest absolute Gasteiger partial charge is 0.372 e. The van der Waals surface area contributed by atoms with E-state index in [-0.39, 0.29) is 12.8 Å². The van der Waals surface area contributed by atoms with Gasteiger partial charge in [0.05, 0.1) is 6.42 Å². The first-order chi connectivity index (χ1) is 8.68. The summed E-state index contributed by atoms with van der Waals surface area (Å²) < 4.78 is 27.4. The molecule has 0 saturated carbocycles. The Hall–Kier alpha value is -1.68. The van der Waals surface area contributed by atoms with Crippen molar-refractivity contribution in [1.29, 1.82) is 0 Å². The number of hydrogen-bond donors (Lipinski definition) is 1. The third-order valence-electron chi connectivity index (χ3n) is 2.96. The molecular formula is C9H11NO8S. The molecule has 0 aromatic heterocycles. The minimum atomic E-state index is -3.73. The van der Waals surface area contributed by atoms with Crippen molar-refractivity contribution < 1.29 is 37.5 Å². The molecule has 0 aliphatic carbocycles. The average Bonchev–Trinajstić information content (AvgIpc) is 2.81. The second kappa shape index (κ2) is 4.17. The molecule has 2 aliphatic rings. The van der Waals surface area contributed by atoms with Crippen LogP contribution in [0.2, 0.25) is 0 Å². The second-order valence-corrected chi connectivity index (χ2v) is 6.54. The van der Waals surface area contributed by atoms with E-state index in [1.807, 2.05) is 0 Å². The highest BCUT2D eigenvalue weighted by molar-refractivity contribution is 7.92. The molecule has 2 fully saturated rings. The SMILES string of the molecule is CS(=O)(=O)C1CON(C2(C(=O)O)CCC(=O)O2)C1=O. The van der Waals surface area contributed by atoms with Crippen molar-refractivity contribution in [1.82, 2.24) is 5.06 Å². The summed E-state index contributed by atoms with van der Waals surface area (Å²) in [5, 5.41) is 8.02. The number of carboxylic acids is 1. The van der Waals surface area contributed by atoms with Crippen LogP contribution in [0.3, 0.4) is 0 Å². The Morgan fingerprint density at radius 3 is 2.47 bits per heavy atom. The fraction of sp³-hybridized carbons (Fsp3) is 0.667. The molecule has 0 aromatic rings. The molecule has 9 nitrogen and oxygen atoms in total. The maximum atomic E-state index is 11.9. The van der Waals surface area contributed by atoms with Crippen LogP contribution >= 0.6 is 0 Å². The number of aliphatic carboxylic acids is 1. The van der Waals surface area contributed by atoms with Crippen LogP contribution in [0.4, 0.5) is 0 Å². The molecule has 2 atom stereocenters. The Morgan fingerprint density at radius 2 is 2.11 bits per heavy atom. The van der Waals surface area contributed by atoms with Gasteiger partial charge in [-0.1, -0.05) is 0 Å². The van der Waals surface area contributed by atoms with Gasteiger partial charge in [-0.05, 0) is 0 Å². The molecule has 1 amide bonds. The van der Waals surface area contributed by atoms with Crippen LogP contribution < -0.4 is 0 Å². The number of amides is 1. The first-order valence-corrected chi connectivity index (χ1v) is 7.25. The number of hydrogen-bond acceptors (Lipinski definition) is 7. The largest absolute Gasteiger partial charge is 0.477 e. The molecule has 2 aliphatic heterocycles. The van der Waals surface area contributed by atoms with E-state index in [1.165, 1.54) is 0 Å². The summed E-state index contributed by atoms with van der Waals surface area (Å²) in [6.07, 6.45) is 0.364. The quantitative estimate of drug-likeness (QED) is 0.609. The van der Waals surface area contributed by atoms with Crippen LogP contribution in [0, 0.1) is 0 Å². The number of ether oxygens (including phenoxy) is 1. The van der Waals surface area contributed by atoms with Crippen LogP contribution in [-0.4, -0.2) is 60.3 Å². The van der Waals surface area contributed by atoms with Gasteiger partial charge in [-0.2, -0.15) is 5.06 Å². The number of carboxylic acid groups (broad SMARTS) is 1. The zero-order valence-corrected chi connectivity index (χ0v) is 10.7. The van der Waals surface area contributed by atoms with Crippen LogP contribution in [0.25, 0.3) is 0 Å². The van der Waals surface area contributed by atoms with Crippen LogP contribution in [0.1, 0.15) is 12.8 Å². The lowest BCUT2D eigenvalue weighted by molar-refractivity contribution is -0.256. The molecule has 0 spiro atoms. The van der Waals surface area contributed by atoms with Gasteiger partial charge < -0.3 is 9.84 Å². The zero-order valence-electron chi connectivity index (χ0n) is 9.86. The topological polar surface area (TPSA) is 127 Å². The number of hydroxylamine groups is 2. The van der Waals surface area contributed by atoms with Gasteiger partial charge in [-0.15, -0.1) is 0 Å². The summed E-state index contributed by atoms with van der Waals surface area (Å²) >= 11 is 0. The maximum absolute atomic E-state index is 11.9. The molecule has 2 rings (SSSR count). The maximum Gasteiger partial charge on any atom is 0.372 e. The Labute approximate surface area is 107 Å². The Morgan fingerprint density at radius 1 is 1.47 bits per heavy atom. The fourth-order valence-corrected chi connectivity index (χ4v) is 2.71. The minimum Gasteiger partial charge on any atom is -0.477 e. The molecule has 2 unspecified atom stereocenters. The van der Waals surface area contributed by atoms with Crippen molar-refractivity contribution in [2.45, 2.75) is 23.8 Å². The second-order valence-electron chi connectivity index (χ2n) is 4.31. The standard InChI is InChI=1S/C9H11NO8S/c1-19(15,16)5-4-17-10(7(5)12)9(8(13)14)3-2-6(11)18-9/h5H,2-4H2,1H3,(H,13,14). The highest BCUT2D eigenvalue weighted by Crippen LogP contribution is 2.34. The van der Waals surface area contributed by atoms with Gasteiger partial charge in [0.15, 0.2) is 15.1 Å². The molecule has 0 aromatic carbocycles. The number of carbonyl (C=O) groups excluding carboxylic acids is 2. The first kappa shape index (κ1) is 13.7. The van der Waals surface area contributed by atoms with Crippen molar-refractivity contribution in [3.63, 3.8) is 0 Å². The molecule has 0 bridgehead atoms. The van der Waals surface area contributed by atoms with E-state index in [4.69, 9.17) is 9.94 Å². The predicted molar refractivity (Wildman–Crippen MR) is 57.1 cm³/mol. The van der Waals surface area contributed by atoms with E-state index in [0.717, 1.165) is 6.26 Å². The highest BCUT2D eigenvalue weighted by atomic mass is 32.2. The van der Waals surface area contributed by atoms with Gasteiger partial charge in [0.1, 0.15) is 6.61 Å². The number of cyclic esters (lactones) is 1. The number of nitrogens with zero attached hydrogens (tertiary/aromatic N) is 1.